The maximum absolute atomic E-state index is 12.4. The molecular weight excluding hydrogens is 364 g/mol. The third-order valence-corrected chi connectivity index (χ3v) is 6.48. The maximum Gasteiger partial charge on any atom is 0.220 e. The second-order valence-corrected chi connectivity index (χ2v) is 8.74. The van der Waals surface area contributed by atoms with Crippen LogP contribution in [0.25, 0.3) is 0 Å². The summed E-state index contributed by atoms with van der Waals surface area (Å²) in [5, 5.41) is 3.25. The van der Waals surface area contributed by atoms with E-state index in [9.17, 15) is 4.79 Å². The SMILES string of the molecule is Cc1ccc(C)c(OCCCCC(=O)NCC2(N3CCOCC3)CCCCC2)c1. The fourth-order valence-corrected chi connectivity index (χ4v) is 4.64. The van der Waals surface area contributed by atoms with Gasteiger partial charge in [-0.2, -0.15) is 0 Å². The van der Waals surface area contributed by atoms with Crippen molar-refractivity contribution in [3.05, 3.63) is 29.3 Å². The third-order valence-electron chi connectivity index (χ3n) is 6.48. The molecule has 5 heteroatoms. The van der Waals surface area contributed by atoms with Crippen LogP contribution in [0.3, 0.4) is 0 Å². The van der Waals surface area contributed by atoms with Gasteiger partial charge in [-0.15, -0.1) is 0 Å². The van der Waals surface area contributed by atoms with Crippen LogP contribution in [0.4, 0.5) is 0 Å². The number of rotatable bonds is 9. The Hall–Kier alpha value is -1.59. The lowest BCUT2D eigenvalue weighted by molar-refractivity contribution is -0.122. The van der Waals surface area contributed by atoms with Gasteiger partial charge in [0.1, 0.15) is 5.75 Å². The number of hydrogen-bond acceptors (Lipinski definition) is 4. The highest BCUT2D eigenvalue weighted by atomic mass is 16.5. The van der Waals surface area contributed by atoms with Gasteiger partial charge in [-0.3, -0.25) is 9.69 Å². The first-order chi connectivity index (χ1) is 14.1. The number of carbonyl (C=O) groups excluding carboxylic acids is 1. The Kier molecular flexibility index (Phi) is 8.37. The third kappa shape index (κ3) is 6.45. The Morgan fingerprint density at radius 2 is 1.90 bits per heavy atom. The van der Waals surface area contributed by atoms with Crippen molar-refractivity contribution >= 4 is 5.91 Å². The molecule has 0 spiro atoms. The zero-order valence-corrected chi connectivity index (χ0v) is 18.3. The summed E-state index contributed by atoms with van der Waals surface area (Å²) in [6.07, 6.45) is 8.58. The molecule has 1 saturated heterocycles. The summed E-state index contributed by atoms with van der Waals surface area (Å²) in [5.74, 6) is 1.13. The number of morpholine rings is 1. The largest absolute Gasteiger partial charge is 0.493 e. The van der Waals surface area contributed by atoms with E-state index in [0.717, 1.165) is 57.0 Å². The molecule has 1 aliphatic heterocycles. The number of ether oxygens (including phenoxy) is 2. The lowest BCUT2D eigenvalue weighted by atomic mass is 9.79. The molecule has 0 bridgehead atoms. The van der Waals surface area contributed by atoms with E-state index in [1.165, 1.54) is 37.7 Å². The van der Waals surface area contributed by atoms with Crippen LogP contribution in [-0.4, -0.2) is 55.8 Å². The first-order valence-electron chi connectivity index (χ1n) is 11.4. The van der Waals surface area contributed by atoms with Crippen LogP contribution in [0, 0.1) is 13.8 Å². The van der Waals surface area contributed by atoms with Gasteiger partial charge in [-0.1, -0.05) is 31.4 Å². The minimum atomic E-state index is 0.142. The number of carbonyl (C=O) groups is 1. The van der Waals surface area contributed by atoms with E-state index in [2.05, 4.69) is 42.3 Å². The minimum Gasteiger partial charge on any atom is -0.493 e. The van der Waals surface area contributed by atoms with Gasteiger partial charge in [-0.05, 0) is 56.7 Å². The zero-order chi connectivity index (χ0) is 20.5. The maximum atomic E-state index is 12.4. The van der Waals surface area contributed by atoms with Crippen LogP contribution in [0.2, 0.25) is 0 Å². The predicted molar refractivity (Wildman–Crippen MR) is 116 cm³/mol. The number of aryl methyl sites for hydroxylation is 2. The monoisotopic (exact) mass is 402 g/mol. The predicted octanol–water partition coefficient (Wildman–Crippen LogP) is 4.00. The average Bonchev–Trinajstić information content (AvgIpc) is 2.75. The Morgan fingerprint density at radius 1 is 1.14 bits per heavy atom. The van der Waals surface area contributed by atoms with E-state index in [0.29, 0.717) is 13.0 Å². The highest BCUT2D eigenvalue weighted by Crippen LogP contribution is 2.33. The molecular formula is C24H38N2O3. The molecule has 1 aromatic rings. The highest BCUT2D eigenvalue weighted by Gasteiger charge is 2.38. The molecule has 1 heterocycles. The van der Waals surface area contributed by atoms with E-state index >= 15 is 0 Å². The van der Waals surface area contributed by atoms with Crippen molar-refractivity contribution < 1.29 is 14.3 Å². The van der Waals surface area contributed by atoms with Crippen LogP contribution < -0.4 is 10.1 Å². The minimum absolute atomic E-state index is 0.142. The molecule has 0 aromatic heterocycles. The number of nitrogens with one attached hydrogen (secondary N) is 1. The molecule has 0 radical (unpaired) electrons. The molecule has 29 heavy (non-hydrogen) atoms. The second kappa shape index (κ2) is 11.0. The fourth-order valence-electron chi connectivity index (χ4n) is 4.64. The molecule has 162 valence electrons. The topological polar surface area (TPSA) is 50.8 Å². The van der Waals surface area contributed by atoms with Crippen LogP contribution in [0.15, 0.2) is 18.2 Å². The molecule has 1 N–H and O–H groups in total. The van der Waals surface area contributed by atoms with Crippen molar-refractivity contribution in [3.63, 3.8) is 0 Å². The van der Waals surface area contributed by atoms with E-state index in [-0.39, 0.29) is 11.4 Å². The first-order valence-corrected chi connectivity index (χ1v) is 11.4. The van der Waals surface area contributed by atoms with Crippen molar-refractivity contribution in [2.45, 2.75) is 70.8 Å². The highest BCUT2D eigenvalue weighted by molar-refractivity contribution is 5.75. The summed E-state index contributed by atoms with van der Waals surface area (Å²) in [5.41, 5.74) is 2.51. The van der Waals surface area contributed by atoms with Crippen molar-refractivity contribution in [2.75, 3.05) is 39.5 Å². The number of amides is 1. The lowest BCUT2D eigenvalue weighted by Crippen LogP contribution is -2.59. The number of benzene rings is 1. The quantitative estimate of drug-likeness (QED) is 0.634. The van der Waals surface area contributed by atoms with Gasteiger partial charge in [0.25, 0.3) is 0 Å². The van der Waals surface area contributed by atoms with E-state index < -0.39 is 0 Å². The Morgan fingerprint density at radius 3 is 2.66 bits per heavy atom. The number of unbranched alkanes of at least 4 members (excludes halogenated alkanes) is 1. The summed E-state index contributed by atoms with van der Waals surface area (Å²) in [6, 6.07) is 6.27. The van der Waals surface area contributed by atoms with Gasteiger partial charge in [0.15, 0.2) is 0 Å². The van der Waals surface area contributed by atoms with Crippen molar-refractivity contribution in [1.29, 1.82) is 0 Å². The van der Waals surface area contributed by atoms with E-state index in [1.54, 1.807) is 0 Å². The first kappa shape index (κ1) is 22.1. The summed E-state index contributed by atoms with van der Waals surface area (Å²) in [7, 11) is 0. The Labute approximate surface area is 176 Å². The molecule has 0 atom stereocenters. The van der Waals surface area contributed by atoms with E-state index in [1.807, 2.05) is 0 Å². The molecule has 3 rings (SSSR count). The van der Waals surface area contributed by atoms with Gasteiger partial charge in [0, 0.05) is 31.6 Å². The standard InChI is InChI=1S/C24H38N2O3/c1-20-9-10-21(2)22(18-20)29-15-7-4-8-23(27)25-19-24(11-5-3-6-12-24)26-13-16-28-17-14-26/h9-10,18H,3-8,11-17,19H2,1-2H3,(H,25,27). The summed E-state index contributed by atoms with van der Waals surface area (Å²) in [6.45, 7) is 9.20. The van der Waals surface area contributed by atoms with Gasteiger partial charge < -0.3 is 14.8 Å². The molecule has 2 fully saturated rings. The second-order valence-electron chi connectivity index (χ2n) is 8.74. The van der Waals surface area contributed by atoms with Crippen LogP contribution >= 0.6 is 0 Å². The summed E-state index contributed by atoms with van der Waals surface area (Å²) >= 11 is 0. The fraction of sp³-hybridized carbons (Fsp3) is 0.708. The number of nitrogens with zero attached hydrogens (tertiary/aromatic N) is 1. The molecule has 5 nitrogen and oxygen atoms in total. The molecule has 1 amide bonds. The van der Waals surface area contributed by atoms with Gasteiger partial charge >= 0.3 is 0 Å². The van der Waals surface area contributed by atoms with Crippen LogP contribution in [-0.2, 0) is 9.53 Å². The average molecular weight is 403 g/mol. The van der Waals surface area contributed by atoms with Gasteiger partial charge in [-0.25, -0.2) is 0 Å². The number of hydrogen-bond donors (Lipinski definition) is 1. The normalized spacial score (nSPS) is 19.7. The van der Waals surface area contributed by atoms with E-state index in [4.69, 9.17) is 9.47 Å². The Balaban J connectivity index is 1.37. The van der Waals surface area contributed by atoms with Gasteiger partial charge in [0.2, 0.25) is 5.91 Å². The van der Waals surface area contributed by atoms with Crippen LogP contribution in [0.5, 0.6) is 5.75 Å². The molecule has 1 aliphatic carbocycles. The van der Waals surface area contributed by atoms with Gasteiger partial charge in [0.05, 0.1) is 19.8 Å². The summed E-state index contributed by atoms with van der Waals surface area (Å²) < 4.78 is 11.4. The van der Waals surface area contributed by atoms with Crippen molar-refractivity contribution in [2.24, 2.45) is 0 Å². The van der Waals surface area contributed by atoms with Crippen molar-refractivity contribution in [1.82, 2.24) is 10.2 Å². The molecule has 2 aliphatic rings. The molecule has 1 aromatic carbocycles. The molecule has 0 unspecified atom stereocenters. The smallest absolute Gasteiger partial charge is 0.220 e. The zero-order valence-electron chi connectivity index (χ0n) is 18.3. The van der Waals surface area contributed by atoms with Crippen molar-refractivity contribution in [3.8, 4) is 5.75 Å². The summed E-state index contributed by atoms with van der Waals surface area (Å²) in [4.78, 5) is 15.0. The molecule has 1 saturated carbocycles. The van der Waals surface area contributed by atoms with Crippen LogP contribution in [0.1, 0.15) is 62.5 Å². The Bertz CT molecular complexity index is 650. The lowest BCUT2D eigenvalue weighted by Gasteiger charge is -2.48.